The third-order valence-corrected chi connectivity index (χ3v) is 2.48. The zero-order valence-corrected chi connectivity index (χ0v) is 8.74. The molecule has 0 saturated carbocycles. The molecule has 0 radical (unpaired) electrons. The van der Waals surface area contributed by atoms with Gasteiger partial charge in [-0.3, -0.25) is 0 Å². The Hall–Kier alpha value is -1.60. The van der Waals surface area contributed by atoms with E-state index in [-0.39, 0.29) is 0 Å². The minimum atomic E-state index is 0.850. The highest BCUT2D eigenvalue weighted by molar-refractivity contribution is 5.85. The maximum absolute atomic E-state index is 3.69. The van der Waals surface area contributed by atoms with E-state index in [1.165, 1.54) is 16.3 Å². The summed E-state index contributed by atoms with van der Waals surface area (Å²) in [5.74, 6) is 0. The fraction of sp³-hybridized carbons (Fsp3) is 0.143. The van der Waals surface area contributed by atoms with Gasteiger partial charge in [-0.2, -0.15) is 0 Å². The van der Waals surface area contributed by atoms with Crippen LogP contribution < -0.4 is 5.32 Å². The van der Waals surface area contributed by atoms with Crippen molar-refractivity contribution < 1.29 is 0 Å². The van der Waals surface area contributed by atoms with E-state index in [2.05, 4.69) is 54.4 Å². The summed E-state index contributed by atoms with van der Waals surface area (Å²) in [5, 5.41) is 5.96. The average Bonchev–Trinajstić information content (AvgIpc) is 2.30. The van der Waals surface area contributed by atoms with Gasteiger partial charge in [-0.05, 0) is 16.3 Å². The zero-order valence-electron chi connectivity index (χ0n) is 8.74. The molecule has 2 aromatic rings. The average molecular weight is 197 g/mol. The van der Waals surface area contributed by atoms with E-state index in [9.17, 15) is 0 Å². The van der Waals surface area contributed by atoms with Crippen LogP contribution >= 0.6 is 0 Å². The first-order valence-electron chi connectivity index (χ1n) is 5.20. The van der Waals surface area contributed by atoms with Crippen molar-refractivity contribution >= 4 is 10.8 Å². The summed E-state index contributed by atoms with van der Waals surface area (Å²) >= 11 is 0. The standard InChI is InChI=1S/C14H15N/c1-2-10-15-11-13-8-5-7-12-6-3-4-9-14(12)13/h2-9,15H,1,10-11H2. The van der Waals surface area contributed by atoms with Gasteiger partial charge in [-0.15, -0.1) is 6.58 Å². The lowest BCUT2D eigenvalue weighted by Crippen LogP contribution is -2.12. The second-order valence-corrected chi connectivity index (χ2v) is 3.56. The fourth-order valence-electron chi connectivity index (χ4n) is 1.76. The van der Waals surface area contributed by atoms with E-state index >= 15 is 0 Å². The van der Waals surface area contributed by atoms with Crippen molar-refractivity contribution in [2.45, 2.75) is 6.54 Å². The van der Waals surface area contributed by atoms with Crippen molar-refractivity contribution in [2.24, 2.45) is 0 Å². The van der Waals surface area contributed by atoms with Crippen molar-refractivity contribution in [3.05, 3.63) is 60.7 Å². The van der Waals surface area contributed by atoms with Gasteiger partial charge in [-0.25, -0.2) is 0 Å². The summed E-state index contributed by atoms with van der Waals surface area (Å²) in [7, 11) is 0. The Morgan fingerprint density at radius 3 is 2.73 bits per heavy atom. The van der Waals surface area contributed by atoms with Gasteiger partial charge in [0.25, 0.3) is 0 Å². The molecule has 0 aromatic heterocycles. The molecule has 2 rings (SSSR count). The van der Waals surface area contributed by atoms with Crippen LogP contribution in [0.2, 0.25) is 0 Å². The molecule has 1 N–H and O–H groups in total. The fourth-order valence-corrected chi connectivity index (χ4v) is 1.76. The maximum atomic E-state index is 3.69. The molecule has 0 aliphatic rings. The van der Waals surface area contributed by atoms with Crippen LogP contribution in [0.25, 0.3) is 10.8 Å². The second kappa shape index (κ2) is 4.76. The molecule has 76 valence electrons. The van der Waals surface area contributed by atoms with Crippen LogP contribution in [0.4, 0.5) is 0 Å². The number of rotatable bonds is 4. The Morgan fingerprint density at radius 1 is 1.07 bits per heavy atom. The monoisotopic (exact) mass is 197 g/mol. The number of hydrogen-bond donors (Lipinski definition) is 1. The van der Waals surface area contributed by atoms with Crippen molar-refractivity contribution in [1.82, 2.24) is 5.32 Å². The van der Waals surface area contributed by atoms with Gasteiger partial charge < -0.3 is 5.32 Å². The molecule has 0 spiro atoms. The first-order chi connectivity index (χ1) is 7.42. The summed E-state index contributed by atoms with van der Waals surface area (Å²) in [4.78, 5) is 0. The number of fused-ring (bicyclic) bond motifs is 1. The van der Waals surface area contributed by atoms with Crippen LogP contribution in [0.3, 0.4) is 0 Å². The predicted molar refractivity (Wildman–Crippen MR) is 65.9 cm³/mol. The minimum Gasteiger partial charge on any atom is -0.309 e. The van der Waals surface area contributed by atoms with Crippen molar-refractivity contribution in [1.29, 1.82) is 0 Å². The molecule has 2 aromatic carbocycles. The van der Waals surface area contributed by atoms with E-state index in [1.807, 2.05) is 6.08 Å². The van der Waals surface area contributed by atoms with Gasteiger partial charge in [-0.1, -0.05) is 48.5 Å². The lowest BCUT2D eigenvalue weighted by atomic mass is 10.0. The molecule has 0 unspecified atom stereocenters. The highest BCUT2D eigenvalue weighted by Gasteiger charge is 1.98. The summed E-state index contributed by atoms with van der Waals surface area (Å²) in [6, 6.07) is 14.9. The highest BCUT2D eigenvalue weighted by Crippen LogP contribution is 2.17. The quantitative estimate of drug-likeness (QED) is 0.586. The van der Waals surface area contributed by atoms with Gasteiger partial charge in [0, 0.05) is 13.1 Å². The van der Waals surface area contributed by atoms with Crippen LogP contribution in [0.5, 0.6) is 0 Å². The van der Waals surface area contributed by atoms with E-state index in [1.54, 1.807) is 0 Å². The highest BCUT2D eigenvalue weighted by atomic mass is 14.8. The topological polar surface area (TPSA) is 12.0 Å². The Kier molecular flexibility index (Phi) is 3.15. The number of nitrogens with one attached hydrogen (secondary N) is 1. The SMILES string of the molecule is C=CCNCc1cccc2ccccc12. The normalized spacial score (nSPS) is 10.4. The molecular weight excluding hydrogens is 182 g/mol. The lowest BCUT2D eigenvalue weighted by Gasteiger charge is -2.06. The van der Waals surface area contributed by atoms with Gasteiger partial charge in [0.2, 0.25) is 0 Å². The Morgan fingerprint density at radius 2 is 1.87 bits per heavy atom. The largest absolute Gasteiger partial charge is 0.309 e. The van der Waals surface area contributed by atoms with E-state index in [0.29, 0.717) is 0 Å². The van der Waals surface area contributed by atoms with Crippen molar-refractivity contribution in [3.8, 4) is 0 Å². The van der Waals surface area contributed by atoms with Crippen LogP contribution in [0, 0.1) is 0 Å². The van der Waals surface area contributed by atoms with Gasteiger partial charge in [0.15, 0.2) is 0 Å². The van der Waals surface area contributed by atoms with Crippen LogP contribution in [0.1, 0.15) is 5.56 Å². The summed E-state index contributed by atoms with van der Waals surface area (Å²) in [6.45, 7) is 5.44. The first kappa shape index (κ1) is 9.94. The lowest BCUT2D eigenvalue weighted by molar-refractivity contribution is 0.765. The number of hydrogen-bond acceptors (Lipinski definition) is 1. The molecular formula is C14H15N. The number of benzene rings is 2. The van der Waals surface area contributed by atoms with Crippen LogP contribution in [-0.4, -0.2) is 6.54 Å². The van der Waals surface area contributed by atoms with E-state index < -0.39 is 0 Å². The molecule has 0 aliphatic heterocycles. The van der Waals surface area contributed by atoms with Crippen molar-refractivity contribution in [3.63, 3.8) is 0 Å². The summed E-state index contributed by atoms with van der Waals surface area (Å²) in [5.41, 5.74) is 1.34. The van der Waals surface area contributed by atoms with E-state index in [0.717, 1.165) is 13.1 Å². The minimum absolute atomic E-state index is 0.850. The van der Waals surface area contributed by atoms with Gasteiger partial charge in [0.05, 0.1) is 0 Å². The first-order valence-corrected chi connectivity index (χ1v) is 5.20. The maximum Gasteiger partial charge on any atom is 0.0214 e. The molecule has 15 heavy (non-hydrogen) atoms. The molecule has 0 heterocycles. The summed E-state index contributed by atoms with van der Waals surface area (Å²) < 4.78 is 0. The third-order valence-electron chi connectivity index (χ3n) is 2.48. The summed E-state index contributed by atoms with van der Waals surface area (Å²) in [6.07, 6.45) is 1.88. The molecule has 0 bridgehead atoms. The molecule has 0 saturated heterocycles. The van der Waals surface area contributed by atoms with E-state index in [4.69, 9.17) is 0 Å². The smallest absolute Gasteiger partial charge is 0.0214 e. The molecule has 0 amide bonds. The van der Waals surface area contributed by atoms with Crippen LogP contribution in [-0.2, 0) is 6.54 Å². The van der Waals surface area contributed by atoms with Gasteiger partial charge >= 0.3 is 0 Å². The molecule has 0 fully saturated rings. The zero-order chi connectivity index (χ0) is 10.5. The molecule has 1 nitrogen and oxygen atoms in total. The molecule has 1 heteroatoms. The molecule has 0 atom stereocenters. The second-order valence-electron chi connectivity index (χ2n) is 3.56. The predicted octanol–water partition coefficient (Wildman–Crippen LogP) is 3.12. The Bertz CT molecular complexity index is 454. The molecule has 0 aliphatic carbocycles. The van der Waals surface area contributed by atoms with Gasteiger partial charge in [0.1, 0.15) is 0 Å². The Labute approximate surface area is 90.4 Å². The third kappa shape index (κ3) is 2.25. The Balaban J connectivity index is 2.30. The van der Waals surface area contributed by atoms with Crippen molar-refractivity contribution in [2.75, 3.05) is 6.54 Å². The van der Waals surface area contributed by atoms with Crippen LogP contribution in [0.15, 0.2) is 55.1 Å².